The number of hydrogen-bond donors (Lipinski definition) is 1. The van der Waals surface area contributed by atoms with Crippen LogP contribution < -0.4 is 9.64 Å². The Hall–Kier alpha value is -2.00. The molecule has 20 heavy (non-hydrogen) atoms. The van der Waals surface area contributed by atoms with Crippen molar-refractivity contribution in [2.75, 3.05) is 18.1 Å². The number of hydrogen-bond acceptors (Lipinski definition) is 3. The first-order valence-corrected chi connectivity index (χ1v) is 7.03. The summed E-state index contributed by atoms with van der Waals surface area (Å²) in [5.41, 5.74) is 3.18. The van der Waals surface area contributed by atoms with Crippen LogP contribution in [0.5, 0.6) is 5.75 Å². The maximum Gasteiger partial charge on any atom is 0.142 e. The predicted octanol–water partition coefficient (Wildman–Crippen LogP) is 3.66. The Morgan fingerprint density at radius 1 is 1.10 bits per heavy atom. The van der Waals surface area contributed by atoms with E-state index in [1.165, 1.54) is 0 Å². The minimum Gasteiger partial charge on any atom is -0.491 e. The van der Waals surface area contributed by atoms with E-state index in [9.17, 15) is 5.11 Å². The summed E-state index contributed by atoms with van der Waals surface area (Å²) in [7, 11) is 0. The molecular weight excluding hydrogens is 250 g/mol. The molecule has 1 heterocycles. The van der Waals surface area contributed by atoms with Crippen LogP contribution in [0, 0.1) is 0 Å². The zero-order valence-electron chi connectivity index (χ0n) is 11.6. The lowest BCUT2D eigenvalue weighted by atomic mass is 10.1. The summed E-state index contributed by atoms with van der Waals surface area (Å²) in [6, 6.07) is 16.2. The van der Waals surface area contributed by atoms with E-state index >= 15 is 0 Å². The molecule has 1 aliphatic heterocycles. The molecule has 0 saturated carbocycles. The molecule has 3 heteroatoms. The number of rotatable bonds is 2. The van der Waals surface area contributed by atoms with Crippen molar-refractivity contribution in [1.82, 2.24) is 0 Å². The lowest BCUT2D eigenvalue weighted by Gasteiger charge is -2.24. The van der Waals surface area contributed by atoms with Crippen molar-refractivity contribution in [3.8, 4) is 5.75 Å². The quantitative estimate of drug-likeness (QED) is 0.903. The summed E-state index contributed by atoms with van der Waals surface area (Å²) in [6.45, 7) is 3.47. The summed E-state index contributed by atoms with van der Waals surface area (Å²) in [5.74, 6) is 0.935. The zero-order chi connectivity index (χ0) is 13.9. The van der Waals surface area contributed by atoms with Gasteiger partial charge in [-0.1, -0.05) is 24.3 Å². The number of benzene rings is 2. The number of anilines is 2. The minimum atomic E-state index is -0.427. The average molecular weight is 269 g/mol. The molecule has 3 nitrogen and oxygen atoms in total. The van der Waals surface area contributed by atoms with Gasteiger partial charge in [-0.05, 0) is 43.2 Å². The first kappa shape index (κ1) is 13.0. The molecule has 1 aliphatic rings. The van der Waals surface area contributed by atoms with E-state index in [4.69, 9.17) is 4.74 Å². The van der Waals surface area contributed by atoms with Gasteiger partial charge in [-0.2, -0.15) is 0 Å². The average Bonchev–Trinajstić information content (AvgIpc) is 2.69. The van der Waals surface area contributed by atoms with Crippen molar-refractivity contribution in [2.45, 2.75) is 19.4 Å². The van der Waals surface area contributed by atoms with E-state index in [1.807, 2.05) is 30.3 Å². The Balaban J connectivity index is 1.97. The third-order valence-electron chi connectivity index (χ3n) is 3.63. The molecule has 104 valence electrons. The number of aliphatic hydroxyl groups excluding tert-OH is 1. The van der Waals surface area contributed by atoms with Crippen molar-refractivity contribution < 1.29 is 9.84 Å². The fraction of sp³-hybridized carbons (Fsp3) is 0.294. The molecule has 0 fully saturated rings. The second-order valence-corrected chi connectivity index (χ2v) is 5.09. The van der Waals surface area contributed by atoms with Crippen LogP contribution in [0.15, 0.2) is 48.5 Å². The lowest BCUT2D eigenvalue weighted by Crippen LogP contribution is -2.17. The third-order valence-corrected chi connectivity index (χ3v) is 3.63. The second-order valence-electron chi connectivity index (χ2n) is 5.09. The van der Waals surface area contributed by atoms with E-state index in [2.05, 4.69) is 23.1 Å². The maximum atomic E-state index is 9.59. The van der Waals surface area contributed by atoms with Crippen LogP contribution in [0.2, 0.25) is 0 Å². The highest BCUT2D eigenvalue weighted by molar-refractivity contribution is 5.69. The number of fused-ring (bicyclic) bond motifs is 1. The summed E-state index contributed by atoms with van der Waals surface area (Å²) in [6.07, 6.45) is 0.566. The molecule has 3 rings (SSSR count). The van der Waals surface area contributed by atoms with Gasteiger partial charge in [-0.3, -0.25) is 0 Å². The van der Waals surface area contributed by atoms with Gasteiger partial charge in [0.2, 0.25) is 0 Å². The molecule has 0 aromatic heterocycles. The first-order valence-electron chi connectivity index (χ1n) is 7.03. The fourth-order valence-electron chi connectivity index (χ4n) is 2.53. The Morgan fingerprint density at radius 2 is 1.85 bits per heavy atom. The van der Waals surface area contributed by atoms with E-state index in [0.717, 1.165) is 42.3 Å². The Morgan fingerprint density at radius 3 is 2.60 bits per heavy atom. The summed E-state index contributed by atoms with van der Waals surface area (Å²) >= 11 is 0. The van der Waals surface area contributed by atoms with E-state index in [-0.39, 0.29) is 0 Å². The van der Waals surface area contributed by atoms with Crippen molar-refractivity contribution in [3.05, 3.63) is 54.1 Å². The van der Waals surface area contributed by atoms with Crippen LogP contribution in [0.1, 0.15) is 25.0 Å². The number of nitrogens with zero attached hydrogens (tertiary/aromatic N) is 1. The minimum absolute atomic E-state index is 0.427. The van der Waals surface area contributed by atoms with Crippen LogP contribution in [0.4, 0.5) is 11.4 Å². The van der Waals surface area contributed by atoms with E-state index < -0.39 is 6.10 Å². The van der Waals surface area contributed by atoms with Crippen molar-refractivity contribution in [2.24, 2.45) is 0 Å². The fourth-order valence-corrected chi connectivity index (χ4v) is 2.53. The number of para-hydroxylation sites is 2. The van der Waals surface area contributed by atoms with Crippen LogP contribution in [0.3, 0.4) is 0 Å². The lowest BCUT2D eigenvalue weighted by molar-refractivity contribution is 0.199. The van der Waals surface area contributed by atoms with Gasteiger partial charge in [0.05, 0.1) is 18.4 Å². The predicted molar refractivity (Wildman–Crippen MR) is 80.6 cm³/mol. The molecule has 0 radical (unpaired) electrons. The molecule has 0 bridgehead atoms. The standard InChI is InChI=1S/C17H19NO2/c1-13(19)14-7-9-15(10-8-14)18-11-4-12-20-17-6-3-2-5-16(17)18/h2-3,5-10,13,19H,4,11-12H2,1H3/t13-/m1/s1. The van der Waals surface area contributed by atoms with Gasteiger partial charge < -0.3 is 14.7 Å². The first-order chi connectivity index (χ1) is 9.75. The second kappa shape index (κ2) is 5.55. The molecule has 1 N–H and O–H groups in total. The maximum absolute atomic E-state index is 9.59. The Labute approximate surface area is 119 Å². The molecule has 1 atom stereocenters. The normalized spacial score (nSPS) is 16.0. The van der Waals surface area contributed by atoms with Gasteiger partial charge >= 0.3 is 0 Å². The molecule has 0 unspecified atom stereocenters. The summed E-state index contributed by atoms with van der Waals surface area (Å²) in [4.78, 5) is 2.27. The van der Waals surface area contributed by atoms with Crippen LogP contribution in [0.25, 0.3) is 0 Å². The van der Waals surface area contributed by atoms with Gasteiger partial charge in [0, 0.05) is 12.2 Å². The zero-order valence-corrected chi connectivity index (χ0v) is 11.6. The molecular formula is C17H19NO2. The van der Waals surface area contributed by atoms with E-state index in [1.54, 1.807) is 6.92 Å². The van der Waals surface area contributed by atoms with Crippen molar-refractivity contribution in [1.29, 1.82) is 0 Å². The van der Waals surface area contributed by atoms with Crippen LogP contribution >= 0.6 is 0 Å². The number of ether oxygens (including phenoxy) is 1. The highest BCUT2D eigenvalue weighted by Crippen LogP contribution is 2.35. The molecule has 0 spiro atoms. The molecule has 0 amide bonds. The highest BCUT2D eigenvalue weighted by atomic mass is 16.5. The van der Waals surface area contributed by atoms with Gasteiger partial charge in [-0.15, -0.1) is 0 Å². The van der Waals surface area contributed by atoms with E-state index in [0.29, 0.717) is 0 Å². The van der Waals surface area contributed by atoms with Crippen LogP contribution in [-0.4, -0.2) is 18.3 Å². The molecule has 0 saturated heterocycles. The van der Waals surface area contributed by atoms with Crippen molar-refractivity contribution >= 4 is 11.4 Å². The van der Waals surface area contributed by atoms with Gasteiger partial charge in [0.15, 0.2) is 0 Å². The smallest absolute Gasteiger partial charge is 0.142 e. The topological polar surface area (TPSA) is 32.7 Å². The SMILES string of the molecule is C[C@@H](O)c1ccc(N2CCCOc3ccccc32)cc1. The molecule has 2 aromatic rings. The summed E-state index contributed by atoms with van der Waals surface area (Å²) < 4.78 is 5.78. The van der Waals surface area contributed by atoms with Crippen LogP contribution in [-0.2, 0) is 0 Å². The molecule has 0 aliphatic carbocycles. The monoisotopic (exact) mass is 269 g/mol. The van der Waals surface area contributed by atoms with Gasteiger partial charge in [-0.25, -0.2) is 0 Å². The summed E-state index contributed by atoms with van der Waals surface area (Å²) in [5, 5.41) is 9.59. The van der Waals surface area contributed by atoms with Crippen molar-refractivity contribution in [3.63, 3.8) is 0 Å². The highest BCUT2D eigenvalue weighted by Gasteiger charge is 2.17. The molecule has 2 aromatic carbocycles. The van der Waals surface area contributed by atoms with Gasteiger partial charge in [0.25, 0.3) is 0 Å². The third kappa shape index (κ3) is 2.49. The van der Waals surface area contributed by atoms with Gasteiger partial charge in [0.1, 0.15) is 5.75 Å². The Kier molecular flexibility index (Phi) is 3.61. The number of aliphatic hydroxyl groups is 1. The Bertz CT molecular complexity index is 578. The largest absolute Gasteiger partial charge is 0.491 e.